The van der Waals surface area contributed by atoms with Crippen molar-refractivity contribution in [2.75, 3.05) is 6.54 Å². The maximum Gasteiger partial charge on any atom is 0.245 e. The summed E-state index contributed by atoms with van der Waals surface area (Å²) in [4.78, 5) is 25.5. The Balaban J connectivity index is 2.03. The number of amides is 2. The average Bonchev–Trinajstić information content (AvgIpc) is 2.62. The second-order valence-corrected chi connectivity index (χ2v) is 5.94. The lowest BCUT2D eigenvalue weighted by atomic mass is 10.0. The Morgan fingerprint density at radius 3 is 2.61 bits per heavy atom. The number of carbonyl (C=O) groups is 2. The Morgan fingerprint density at radius 2 is 2.06 bits per heavy atom. The Morgan fingerprint density at radius 1 is 1.39 bits per heavy atom. The zero-order valence-corrected chi connectivity index (χ0v) is 11.5. The first kappa shape index (κ1) is 13.3. The predicted octanol–water partition coefficient (Wildman–Crippen LogP) is 0.679. The number of piperazine rings is 1. The van der Waals surface area contributed by atoms with Crippen LogP contribution in [0.15, 0.2) is 0 Å². The average molecular weight is 254 g/mol. The van der Waals surface area contributed by atoms with Crippen LogP contribution in [0.5, 0.6) is 0 Å². The van der Waals surface area contributed by atoms with Crippen molar-refractivity contribution in [2.24, 2.45) is 0 Å². The molecule has 2 fully saturated rings. The second-order valence-electron chi connectivity index (χ2n) is 5.94. The number of nitrogens with zero attached hydrogens (tertiary/aromatic N) is 1. The van der Waals surface area contributed by atoms with E-state index < -0.39 is 12.1 Å². The molecule has 2 amide bonds. The molecule has 0 bridgehead atoms. The van der Waals surface area contributed by atoms with E-state index in [9.17, 15) is 9.59 Å². The molecule has 0 aromatic heterocycles. The van der Waals surface area contributed by atoms with Gasteiger partial charge in [0.1, 0.15) is 12.1 Å². The number of hydrogen-bond acceptors (Lipinski definition) is 3. The Kier molecular flexibility index (Phi) is 3.36. The van der Waals surface area contributed by atoms with Crippen LogP contribution in [0.2, 0.25) is 0 Å². The quantitative estimate of drug-likeness (QED) is 0.788. The highest BCUT2D eigenvalue weighted by molar-refractivity contribution is 5.96. The molecule has 18 heavy (non-hydrogen) atoms. The molecule has 102 valence electrons. The van der Waals surface area contributed by atoms with E-state index in [0.29, 0.717) is 6.54 Å². The lowest BCUT2D eigenvalue weighted by Gasteiger charge is -2.37. The molecule has 0 aromatic rings. The SMILES string of the molecule is CC1NC(=O)C(C)N(CC2CCC(C)(C)O2)C1=O. The molecule has 5 nitrogen and oxygen atoms in total. The van der Waals surface area contributed by atoms with E-state index in [1.165, 1.54) is 0 Å². The van der Waals surface area contributed by atoms with Crippen molar-refractivity contribution < 1.29 is 14.3 Å². The minimum Gasteiger partial charge on any atom is -0.371 e. The Labute approximate surface area is 108 Å². The fourth-order valence-electron chi connectivity index (χ4n) is 2.65. The summed E-state index contributed by atoms with van der Waals surface area (Å²) < 4.78 is 5.89. The molecular formula is C13H22N2O3. The first-order valence-electron chi connectivity index (χ1n) is 6.59. The summed E-state index contributed by atoms with van der Waals surface area (Å²) in [7, 11) is 0. The molecule has 0 aromatic carbocycles. The molecule has 0 spiro atoms. The minimum atomic E-state index is -0.428. The van der Waals surface area contributed by atoms with Crippen molar-refractivity contribution in [2.45, 2.75) is 64.3 Å². The van der Waals surface area contributed by atoms with Crippen LogP contribution in [-0.4, -0.2) is 47.0 Å². The van der Waals surface area contributed by atoms with Crippen LogP contribution in [0.4, 0.5) is 0 Å². The zero-order chi connectivity index (χ0) is 13.5. The van der Waals surface area contributed by atoms with E-state index in [2.05, 4.69) is 19.2 Å². The van der Waals surface area contributed by atoms with E-state index in [1.807, 2.05) is 0 Å². The summed E-state index contributed by atoms with van der Waals surface area (Å²) in [5.41, 5.74) is -0.111. The second kappa shape index (κ2) is 4.53. The van der Waals surface area contributed by atoms with Crippen molar-refractivity contribution in [3.8, 4) is 0 Å². The highest BCUT2D eigenvalue weighted by Gasteiger charge is 2.39. The topological polar surface area (TPSA) is 58.6 Å². The third kappa shape index (κ3) is 2.51. The van der Waals surface area contributed by atoms with Crippen molar-refractivity contribution in [1.29, 1.82) is 0 Å². The van der Waals surface area contributed by atoms with Crippen molar-refractivity contribution >= 4 is 11.8 Å². The van der Waals surface area contributed by atoms with Gasteiger partial charge >= 0.3 is 0 Å². The first-order valence-corrected chi connectivity index (χ1v) is 6.59. The minimum absolute atomic E-state index is 0.0181. The van der Waals surface area contributed by atoms with Crippen LogP contribution >= 0.6 is 0 Å². The fraction of sp³-hybridized carbons (Fsp3) is 0.846. The van der Waals surface area contributed by atoms with Gasteiger partial charge in [0.2, 0.25) is 11.8 Å². The number of carbonyl (C=O) groups excluding carboxylic acids is 2. The lowest BCUT2D eigenvalue weighted by Crippen LogP contribution is -2.62. The summed E-state index contributed by atoms with van der Waals surface area (Å²) in [5, 5.41) is 2.68. The van der Waals surface area contributed by atoms with Gasteiger partial charge in [-0.25, -0.2) is 0 Å². The summed E-state index contributed by atoms with van der Waals surface area (Å²) in [5.74, 6) is -0.102. The van der Waals surface area contributed by atoms with Crippen LogP contribution < -0.4 is 5.32 Å². The molecule has 2 aliphatic rings. The summed E-state index contributed by atoms with van der Waals surface area (Å²) in [6, 6.07) is -0.830. The normalized spacial score (nSPS) is 35.8. The van der Waals surface area contributed by atoms with Crippen LogP contribution in [0.1, 0.15) is 40.5 Å². The number of rotatable bonds is 2. The van der Waals surface area contributed by atoms with Crippen LogP contribution in [0, 0.1) is 0 Å². The zero-order valence-electron chi connectivity index (χ0n) is 11.5. The van der Waals surface area contributed by atoms with E-state index in [0.717, 1.165) is 12.8 Å². The van der Waals surface area contributed by atoms with Crippen molar-refractivity contribution in [3.63, 3.8) is 0 Å². The molecule has 2 rings (SSSR count). The van der Waals surface area contributed by atoms with Gasteiger partial charge in [0, 0.05) is 6.54 Å². The monoisotopic (exact) mass is 254 g/mol. The van der Waals surface area contributed by atoms with Gasteiger partial charge in [0.25, 0.3) is 0 Å². The molecule has 2 saturated heterocycles. The van der Waals surface area contributed by atoms with Crippen molar-refractivity contribution in [1.82, 2.24) is 10.2 Å². The molecule has 3 unspecified atom stereocenters. The van der Waals surface area contributed by atoms with Gasteiger partial charge in [-0.15, -0.1) is 0 Å². The van der Waals surface area contributed by atoms with Crippen molar-refractivity contribution in [3.05, 3.63) is 0 Å². The highest BCUT2D eigenvalue weighted by atomic mass is 16.5. The van der Waals surface area contributed by atoms with Gasteiger partial charge in [0.05, 0.1) is 11.7 Å². The molecule has 0 saturated carbocycles. The summed E-state index contributed by atoms with van der Waals surface area (Å²) in [6.45, 7) is 8.12. The van der Waals surface area contributed by atoms with Gasteiger partial charge < -0.3 is 15.0 Å². The molecule has 5 heteroatoms. The van der Waals surface area contributed by atoms with Gasteiger partial charge in [0.15, 0.2) is 0 Å². The Hall–Kier alpha value is -1.10. The maximum absolute atomic E-state index is 12.1. The molecular weight excluding hydrogens is 232 g/mol. The summed E-state index contributed by atoms with van der Waals surface area (Å²) >= 11 is 0. The predicted molar refractivity (Wildman–Crippen MR) is 67.0 cm³/mol. The highest BCUT2D eigenvalue weighted by Crippen LogP contribution is 2.30. The van der Waals surface area contributed by atoms with E-state index in [1.54, 1.807) is 18.7 Å². The van der Waals surface area contributed by atoms with Crippen LogP contribution in [0.3, 0.4) is 0 Å². The molecule has 2 aliphatic heterocycles. The third-order valence-electron chi connectivity index (χ3n) is 3.81. The molecule has 3 atom stereocenters. The largest absolute Gasteiger partial charge is 0.371 e. The first-order chi connectivity index (χ1) is 8.30. The molecule has 0 radical (unpaired) electrons. The maximum atomic E-state index is 12.1. The van der Waals surface area contributed by atoms with Gasteiger partial charge in [-0.05, 0) is 40.5 Å². The van der Waals surface area contributed by atoms with Gasteiger partial charge in [-0.2, -0.15) is 0 Å². The van der Waals surface area contributed by atoms with Crippen LogP contribution in [0.25, 0.3) is 0 Å². The summed E-state index contributed by atoms with van der Waals surface area (Å²) in [6.07, 6.45) is 1.99. The standard InChI is InChI=1S/C13H22N2O3/c1-8-12(17)15(9(2)11(16)14-8)7-10-5-6-13(3,4)18-10/h8-10H,5-7H2,1-4H3,(H,14,16). The number of ether oxygens (including phenoxy) is 1. The third-order valence-corrected chi connectivity index (χ3v) is 3.81. The van der Waals surface area contributed by atoms with Crippen LogP contribution in [-0.2, 0) is 14.3 Å². The molecule has 1 N–H and O–H groups in total. The lowest BCUT2D eigenvalue weighted by molar-refractivity contribution is -0.150. The molecule has 2 heterocycles. The van der Waals surface area contributed by atoms with E-state index in [-0.39, 0.29) is 23.5 Å². The molecule has 0 aliphatic carbocycles. The number of hydrogen-bond donors (Lipinski definition) is 1. The smallest absolute Gasteiger partial charge is 0.245 e. The number of nitrogens with one attached hydrogen (secondary N) is 1. The fourth-order valence-corrected chi connectivity index (χ4v) is 2.65. The van der Waals surface area contributed by atoms with E-state index in [4.69, 9.17) is 4.74 Å². The van der Waals surface area contributed by atoms with E-state index >= 15 is 0 Å². The van der Waals surface area contributed by atoms with Gasteiger partial charge in [-0.1, -0.05) is 0 Å². The van der Waals surface area contributed by atoms with Gasteiger partial charge in [-0.3, -0.25) is 9.59 Å². The Bertz CT molecular complexity index is 367.